The highest BCUT2D eigenvalue weighted by atomic mass is 15.1. The lowest BCUT2D eigenvalue weighted by Crippen LogP contribution is -2.25. The summed E-state index contributed by atoms with van der Waals surface area (Å²) in [7, 11) is 2.17. The Balaban J connectivity index is 2.42. The molecule has 1 aromatic carbocycles. The Morgan fingerprint density at radius 3 is 2.06 bits per heavy atom. The molecule has 0 amide bonds. The molecular formula is C16H28N2. The molecule has 0 fully saturated rings. The second-order valence-electron chi connectivity index (χ2n) is 5.68. The zero-order chi connectivity index (χ0) is 13.5. The summed E-state index contributed by atoms with van der Waals surface area (Å²) in [5, 5.41) is 3.45. The molecular weight excluding hydrogens is 220 g/mol. The van der Waals surface area contributed by atoms with E-state index in [9.17, 15) is 0 Å². The van der Waals surface area contributed by atoms with Gasteiger partial charge in [0.1, 0.15) is 0 Å². The molecule has 102 valence electrons. The lowest BCUT2D eigenvalue weighted by molar-refractivity contribution is 0.266. The first-order valence-corrected chi connectivity index (χ1v) is 7.00. The fourth-order valence-corrected chi connectivity index (χ4v) is 1.79. The second kappa shape index (κ2) is 7.55. The molecule has 0 aliphatic rings. The molecule has 0 heterocycles. The van der Waals surface area contributed by atoms with Gasteiger partial charge in [0.25, 0.3) is 0 Å². The van der Waals surface area contributed by atoms with Gasteiger partial charge in [0.15, 0.2) is 0 Å². The summed E-state index contributed by atoms with van der Waals surface area (Å²) >= 11 is 0. The van der Waals surface area contributed by atoms with Crippen molar-refractivity contribution in [3.63, 3.8) is 0 Å². The fraction of sp³-hybridized carbons (Fsp3) is 0.625. The summed E-state index contributed by atoms with van der Waals surface area (Å²) in [5.74, 6) is 0. The van der Waals surface area contributed by atoms with E-state index in [1.807, 2.05) is 0 Å². The van der Waals surface area contributed by atoms with Gasteiger partial charge < -0.3 is 5.32 Å². The zero-order valence-electron chi connectivity index (χ0n) is 12.5. The third kappa shape index (κ3) is 5.65. The van der Waals surface area contributed by atoms with E-state index in [1.165, 1.54) is 11.1 Å². The smallest absolute Gasteiger partial charge is 0.0233 e. The molecule has 0 aliphatic carbocycles. The molecule has 0 aromatic heterocycles. The maximum absolute atomic E-state index is 3.45. The van der Waals surface area contributed by atoms with Crippen LogP contribution in [0.25, 0.3) is 0 Å². The van der Waals surface area contributed by atoms with Gasteiger partial charge in [-0.1, -0.05) is 38.1 Å². The number of hydrogen-bond acceptors (Lipinski definition) is 2. The monoisotopic (exact) mass is 248 g/mol. The van der Waals surface area contributed by atoms with Crippen LogP contribution in [0.4, 0.5) is 0 Å². The molecule has 1 aromatic rings. The van der Waals surface area contributed by atoms with Crippen molar-refractivity contribution < 1.29 is 0 Å². The van der Waals surface area contributed by atoms with E-state index < -0.39 is 0 Å². The second-order valence-corrected chi connectivity index (χ2v) is 5.68. The van der Waals surface area contributed by atoms with Crippen LogP contribution in [0.5, 0.6) is 0 Å². The Morgan fingerprint density at radius 1 is 1.00 bits per heavy atom. The van der Waals surface area contributed by atoms with Crippen LogP contribution >= 0.6 is 0 Å². The molecule has 0 saturated heterocycles. The number of benzene rings is 1. The molecule has 0 spiro atoms. The van der Waals surface area contributed by atoms with E-state index in [0.717, 1.165) is 19.5 Å². The van der Waals surface area contributed by atoms with Gasteiger partial charge in [0, 0.05) is 18.6 Å². The van der Waals surface area contributed by atoms with Gasteiger partial charge >= 0.3 is 0 Å². The zero-order valence-corrected chi connectivity index (χ0v) is 12.5. The van der Waals surface area contributed by atoms with Crippen molar-refractivity contribution in [2.24, 2.45) is 0 Å². The van der Waals surface area contributed by atoms with Gasteiger partial charge in [-0.3, -0.25) is 4.90 Å². The minimum atomic E-state index is 0.573. The van der Waals surface area contributed by atoms with E-state index in [0.29, 0.717) is 12.1 Å². The van der Waals surface area contributed by atoms with Gasteiger partial charge in [0.05, 0.1) is 0 Å². The van der Waals surface area contributed by atoms with Crippen LogP contribution in [0.2, 0.25) is 0 Å². The Labute approximate surface area is 112 Å². The highest BCUT2D eigenvalue weighted by Gasteiger charge is 2.04. The van der Waals surface area contributed by atoms with Crippen LogP contribution in [0.15, 0.2) is 24.3 Å². The first kappa shape index (κ1) is 15.2. The van der Waals surface area contributed by atoms with Crippen LogP contribution in [0, 0.1) is 0 Å². The molecule has 0 saturated carbocycles. The summed E-state index contributed by atoms with van der Waals surface area (Å²) in [4.78, 5) is 2.36. The topological polar surface area (TPSA) is 15.3 Å². The van der Waals surface area contributed by atoms with E-state index >= 15 is 0 Å². The summed E-state index contributed by atoms with van der Waals surface area (Å²) in [6.45, 7) is 10.9. The molecule has 0 atom stereocenters. The SMILES string of the molecule is CC(C)NCCc1ccc(CN(C)C(C)C)cc1. The lowest BCUT2D eigenvalue weighted by atomic mass is 10.1. The lowest BCUT2D eigenvalue weighted by Gasteiger charge is -2.21. The van der Waals surface area contributed by atoms with Crippen molar-refractivity contribution in [3.8, 4) is 0 Å². The maximum atomic E-state index is 3.45. The molecule has 2 nitrogen and oxygen atoms in total. The van der Waals surface area contributed by atoms with E-state index in [2.05, 4.69) is 69.2 Å². The number of nitrogens with zero attached hydrogens (tertiary/aromatic N) is 1. The van der Waals surface area contributed by atoms with E-state index in [1.54, 1.807) is 0 Å². The van der Waals surface area contributed by atoms with Gasteiger partial charge in [0.2, 0.25) is 0 Å². The highest BCUT2D eigenvalue weighted by Crippen LogP contribution is 2.08. The minimum absolute atomic E-state index is 0.573. The molecule has 1 N–H and O–H groups in total. The number of rotatable bonds is 7. The van der Waals surface area contributed by atoms with Gasteiger partial charge in [-0.2, -0.15) is 0 Å². The predicted octanol–water partition coefficient (Wildman–Crippen LogP) is 3.07. The van der Waals surface area contributed by atoms with Crippen LogP contribution in [-0.2, 0) is 13.0 Å². The van der Waals surface area contributed by atoms with E-state index in [4.69, 9.17) is 0 Å². The first-order chi connectivity index (χ1) is 8.49. The fourth-order valence-electron chi connectivity index (χ4n) is 1.79. The molecule has 0 bridgehead atoms. The molecule has 0 unspecified atom stereocenters. The number of hydrogen-bond donors (Lipinski definition) is 1. The Hall–Kier alpha value is -0.860. The Bertz CT molecular complexity index is 327. The summed E-state index contributed by atoms with van der Waals surface area (Å²) in [6, 6.07) is 10.2. The molecule has 0 radical (unpaired) electrons. The first-order valence-electron chi connectivity index (χ1n) is 7.00. The normalized spacial score (nSPS) is 11.8. The van der Waals surface area contributed by atoms with Gasteiger partial charge in [-0.15, -0.1) is 0 Å². The summed E-state index contributed by atoms with van der Waals surface area (Å²) < 4.78 is 0. The van der Waals surface area contributed by atoms with Crippen molar-refractivity contribution in [2.45, 2.75) is 52.7 Å². The quantitative estimate of drug-likeness (QED) is 0.798. The van der Waals surface area contributed by atoms with E-state index in [-0.39, 0.29) is 0 Å². The average molecular weight is 248 g/mol. The van der Waals surface area contributed by atoms with Crippen molar-refractivity contribution >= 4 is 0 Å². The van der Waals surface area contributed by atoms with Crippen LogP contribution in [0.3, 0.4) is 0 Å². The summed E-state index contributed by atoms with van der Waals surface area (Å²) in [5.41, 5.74) is 2.81. The molecule has 0 aliphatic heterocycles. The molecule has 2 heteroatoms. The third-order valence-corrected chi connectivity index (χ3v) is 3.30. The number of nitrogens with one attached hydrogen (secondary N) is 1. The highest BCUT2D eigenvalue weighted by molar-refractivity contribution is 5.22. The Kier molecular flexibility index (Phi) is 6.37. The largest absolute Gasteiger partial charge is 0.314 e. The minimum Gasteiger partial charge on any atom is -0.314 e. The van der Waals surface area contributed by atoms with Crippen LogP contribution < -0.4 is 5.32 Å². The predicted molar refractivity (Wildman–Crippen MR) is 79.9 cm³/mol. The maximum Gasteiger partial charge on any atom is 0.0233 e. The van der Waals surface area contributed by atoms with Crippen LogP contribution in [0.1, 0.15) is 38.8 Å². The van der Waals surface area contributed by atoms with Crippen molar-refractivity contribution in [3.05, 3.63) is 35.4 Å². The van der Waals surface area contributed by atoms with Crippen molar-refractivity contribution in [1.29, 1.82) is 0 Å². The van der Waals surface area contributed by atoms with Crippen LogP contribution in [-0.4, -0.2) is 30.6 Å². The van der Waals surface area contributed by atoms with Crippen molar-refractivity contribution in [1.82, 2.24) is 10.2 Å². The van der Waals surface area contributed by atoms with Crippen molar-refractivity contribution in [2.75, 3.05) is 13.6 Å². The third-order valence-electron chi connectivity index (χ3n) is 3.30. The Morgan fingerprint density at radius 2 is 1.56 bits per heavy atom. The standard InChI is InChI=1S/C16H28N2/c1-13(2)17-11-10-15-6-8-16(9-7-15)12-18(5)14(3)4/h6-9,13-14,17H,10-12H2,1-5H3. The average Bonchev–Trinajstić information content (AvgIpc) is 2.30. The molecule has 1 rings (SSSR count). The van der Waals surface area contributed by atoms with Gasteiger partial charge in [-0.05, 0) is 45.0 Å². The molecule has 18 heavy (non-hydrogen) atoms. The van der Waals surface area contributed by atoms with Gasteiger partial charge in [-0.25, -0.2) is 0 Å². The summed E-state index contributed by atoms with van der Waals surface area (Å²) in [6.07, 6.45) is 1.11.